The van der Waals surface area contributed by atoms with Crippen molar-refractivity contribution < 1.29 is 4.79 Å². The Labute approximate surface area is 105 Å². The summed E-state index contributed by atoms with van der Waals surface area (Å²) in [5.74, 6) is 1.95. The van der Waals surface area contributed by atoms with Crippen LogP contribution in [0.3, 0.4) is 0 Å². The number of carbonyl (C=O) groups excluding carboxylic acids is 1. The van der Waals surface area contributed by atoms with E-state index in [1.165, 1.54) is 25.7 Å². The van der Waals surface area contributed by atoms with Gasteiger partial charge in [0.2, 0.25) is 5.91 Å². The number of hydrogen-bond acceptors (Lipinski definition) is 2. The van der Waals surface area contributed by atoms with Crippen LogP contribution < -0.4 is 11.1 Å². The molecule has 0 aromatic carbocycles. The Balaban J connectivity index is 1.75. The molecule has 2 aliphatic carbocycles. The molecule has 17 heavy (non-hydrogen) atoms. The number of carbonyl (C=O) groups is 1. The van der Waals surface area contributed by atoms with Crippen LogP contribution in [0.15, 0.2) is 0 Å². The van der Waals surface area contributed by atoms with E-state index in [1.807, 2.05) is 6.92 Å². The number of rotatable bonds is 4. The molecule has 0 bridgehead atoms. The summed E-state index contributed by atoms with van der Waals surface area (Å²) >= 11 is 0. The number of hydrogen-bond donors (Lipinski definition) is 2. The molecule has 3 nitrogen and oxygen atoms in total. The number of amides is 1. The van der Waals surface area contributed by atoms with Gasteiger partial charge in [0.1, 0.15) is 0 Å². The minimum Gasteiger partial charge on any atom is -0.354 e. The maximum Gasteiger partial charge on any atom is 0.240 e. The summed E-state index contributed by atoms with van der Waals surface area (Å²) in [5, 5.41) is 3.07. The smallest absolute Gasteiger partial charge is 0.240 e. The molecule has 3 N–H and O–H groups in total. The first kappa shape index (κ1) is 12.9. The SMILES string of the molecule is CC1CCCC(CNC(=O)C(C)(N)C2CC2)C1. The highest BCUT2D eigenvalue weighted by Gasteiger charge is 2.44. The summed E-state index contributed by atoms with van der Waals surface area (Å²) in [6.07, 6.45) is 7.40. The normalized spacial score (nSPS) is 32.9. The zero-order chi connectivity index (χ0) is 12.5. The van der Waals surface area contributed by atoms with E-state index in [9.17, 15) is 4.79 Å². The van der Waals surface area contributed by atoms with Crippen molar-refractivity contribution in [3.05, 3.63) is 0 Å². The third-order valence-electron chi connectivity index (χ3n) is 4.51. The fraction of sp³-hybridized carbons (Fsp3) is 0.929. The fourth-order valence-electron chi connectivity index (χ4n) is 3.04. The maximum absolute atomic E-state index is 12.0. The molecule has 3 unspecified atom stereocenters. The lowest BCUT2D eigenvalue weighted by molar-refractivity contribution is -0.126. The Hall–Kier alpha value is -0.570. The van der Waals surface area contributed by atoms with Gasteiger partial charge in [-0.15, -0.1) is 0 Å². The monoisotopic (exact) mass is 238 g/mol. The van der Waals surface area contributed by atoms with Gasteiger partial charge in [-0.1, -0.05) is 19.8 Å². The van der Waals surface area contributed by atoms with Crippen LogP contribution in [0.2, 0.25) is 0 Å². The second-order valence-electron chi connectivity index (χ2n) is 6.40. The zero-order valence-corrected chi connectivity index (χ0v) is 11.2. The first-order valence-electron chi connectivity index (χ1n) is 7.07. The van der Waals surface area contributed by atoms with Crippen LogP contribution in [0.5, 0.6) is 0 Å². The van der Waals surface area contributed by atoms with Gasteiger partial charge in [-0.25, -0.2) is 0 Å². The molecule has 2 aliphatic rings. The van der Waals surface area contributed by atoms with Crippen molar-refractivity contribution in [2.75, 3.05) is 6.54 Å². The molecule has 3 atom stereocenters. The van der Waals surface area contributed by atoms with Gasteiger partial charge in [0, 0.05) is 6.54 Å². The lowest BCUT2D eigenvalue weighted by Gasteiger charge is -2.29. The van der Waals surface area contributed by atoms with Crippen LogP contribution in [-0.4, -0.2) is 18.0 Å². The topological polar surface area (TPSA) is 55.1 Å². The highest BCUT2D eigenvalue weighted by Crippen LogP contribution is 2.38. The van der Waals surface area contributed by atoms with E-state index in [1.54, 1.807) is 0 Å². The van der Waals surface area contributed by atoms with Crippen LogP contribution in [0.4, 0.5) is 0 Å². The molecule has 0 aromatic rings. The van der Waals surface area contributed by atoms with Crippen molar-refractivity contribution in [1.29, 1.82) is 0 Å². The summed E-state index contributed by atoms with van der Waals surface area (Å²) in [7, 11) is 0. The van der Waals surface area contributed by atoms with Gasteiger partial charge in [0.05, 0.1) is 5.54 Å². The van der Waals surface area contributed by atoms with Crippen LogP contribution in [0.1, 0.15) is 52.4 Å². The van der Waals surface area contributed by atoms with E-state index in [4.69, 9.17) is 5.73 Å². The highest BCUT2D eigenvalue weighted by atomic mass is 16.2. The van der Waals surface area contributed by atoms with Crippen LogP contribution in [0.25, 0.3) is 0 Å². The lowest BCUT2D eigenvalue weighted by atomic mass is 9.82. The van der Waals surface area contributed by atoms with Crippen molar-refractivity contribution in [3.8, 4) is 0 Å². The molecule has 0 heterocycles. The summed E-state index contributed by atoms with van der Waals surface area (Å²) in [5.41, 5.74) is 5.46. The minimum atomic E-state index is -0.639. The Morgan fingerprint density at radius 2 is 2.06 bits per heavy atom. The van der Waals surface area contributed by atoms with E-state index in [0.717, 1.165) is 25.3 Å². The van der Waals surface area contributed by atoms with Gasteiger partial charge in [0.25, 0.3) is 0 Å². The molecule has 0 saturated heterocycles. The first-order chi connectivity index (χ1) is 8.00. The van der Waals surface area contributed by atoms with Crippen molar-refractivity contribution in [2.24, 2.45) is 23.5 Å². The predicted octanol–water partition coefficient (Wildman–Crippen LogP) is 2.06. The summed E-state index contributed by atoms with van der Waals surface area (Å²) in [6, 6.07) is 0. The van der Waals surface area contributed by atoms with E-state index >= 15 is 0 Å². The average Bonchev–Trinajstić information content (AvgIpc) is 3.09. The zero-order valence-electron chi connectivity index (χ0n) is 11.2. The van der Waals surface area contributed by atoms with E-state index in [0.29, 0.717) is 11.8 Å². The summed E-state index contributed by atoms with van der Waals surface area (Å²) < 4.78 is 0. The molecular weight excluding hydrogens is 212 g/mol. The van der Waals surface area contributed by atoms with Gasteiger partial charge in [-0.3, -0.25) is 4.79 Å². The molecule has 98 valence electrons. The Morgan fingerprint density at radius 3 is 2.65 bits per heavy atom. The van der Waals surface area contributed by atoms with Crippen molar-refractivity contribution in [1.82, 2.24) is 5.32 Å². The quantitative estimate of drug-likeness (QED) is 0.787. The molecular formula is C14H26N2O. The van der Waals surface area contributed by atoms with Gasteiger partial charge >= 0.3 is 0 Å². The molecule has 3 heteroatoms. The lowest BCUT2D eigenvalue weighted by Crippen LogP contribution is -2.54. The molecule has 0 spiro atoms. The molecule has 2 rings (SSSR count). The van der Waals surface area contributed by atoms with Gasteiger partial charge < -0.3 is 11.1 Å². The predicted molar refractivity (Wildman–Crippen MR) is 69.4 cm³/mol. The summed E-state index contributed by atoms with van der Waals surface area (Å²) in [4.78, 5) is 12.0. The van der Waals surface area contributed by atoms with E-state index < -0.39 is 5.54 Å². The maximum atomic E-state index is 12.0. The average molecular weight is 238 g/mol. The summed E-state index contributed by atoms with van der Waals surface area (Å²) in [6.45, 7) is 5.01. The van der Waals surface area contributed by atoms with Crippen LogP contribution in [-0.2, 0) is 4.79 Å². The molecule has 2 fully saturated rings. The Kier molecular flexibility index (Phi) is 3.76. The van der Waals surface area contributed by atoms with Crippen molar-refractivity contribution >= 4 is 5.91 Å². The number of nitrogens with two attached hydrogens (primary N) is 1. The fourth-order valence-corrected chi connectivity index (χ4v) is 3.04. The molecule has 0 radical (unpaired) electrons. The molecule has 1 amide bonds. The third-order valence-corrected chi connectivity index (χ3v) is 4.51. The molecule has 0 aliphatic heterocycles. The standard InChI is InChI=1S/C14H26N2O/c1-10-4-3-5-11(8-10)9-16-13(17)14(2,15)12-6-7-12/h10-12H,3-9,15H2,1-2H3,(H,16,17). The second kappa shape index (κ2) is 4.97. The number of nitrogens with one attached hydrogen (secondary N) is 1. The van der Waals surface area contributed by atoms with Crippen molar-refractivity contribution in [2.45, 2.75) is 57.9 Å². The van der Waals surface area contributed by atoms with Gasteiger partial charge in [-0.05, 0) is 50.4 Å². The molecule has 0 aromatic heterocycles. The first-order valence-corrected chi connectivity index (χ1v) is 7.07. The van der Waals surface area contributed by atoms with E-state index in [2.05, 4.69) is 12.2 Å². The Morgan fingerprint density at radius 1 is 1.35 bits per heavy atom. The third kappa shape index (κ3) is 3.21. The van der Waals surface area contributed by atoms with Gasteiger partial charge in [-0.2, -0.15) is 0 Å². The van der Waals surface area contributed by atoms with Crippen LogP contribution in [0, 0.1) is 17.8 Å². The Bertz CT molecular complexity index is 284. The van der Waals surface area contributed by atoms with Crippen molar-refractivity contribution in [3.63, 3.8) is 0 Å². The largest absolute Gasteiger partial charge is 0.354 e. The van der Waals surface area contributed by atoms with Gasteiger partial charge in [0.15, 0.2) is 0 Å². The second-order valence-corrected chi connectivity index (χ2v) is 6.40. The van der Waals surface area contributed by atoms with Crippen LogP contribution >= 0.6 is 0 Å². The highest BCUT2D eigenvalue weighted by molar-refractivity contribution is 5.86. The minimum absolute atomic E-state index is 0.0539. The van der Waals surface area contributed by atoms with E-state index in [-0.39, 0.29) is 5.91 Å². The molecule has 2 saturated carbocycles.